The number of amides is 1. The zero-order valence-corrected chi connectivity index (χ0v) is 12.7. The molecule has 1 aromatic heterocycles. The Balaban J connectivity index is 1.80. The first kappa shape index (κ1) is 15.1. The van der Waals surface area contributed by atoms with E-state index in [0.717, 1.165) is 5.56 Å². The molecule has 0 bridgehead atoms. The standard InChI is InChI=1S/C16H13ClN4O2/c17-12-5-1-3-10(7-12)9-23-13-6-2-4-11(8-13)14-15(16(18)22)20-21-19-14/h1-8H,9H2,(H2,18,22)(H,19,20,21). The molecule has 0 fully saturated rings. The van der Waals surface area contributed by atoms with Gasteiger partial charge in [-0.05, 0) is 29.8 Å². The molecular formula is C16H13ClN4O2. The minimum atomic E-state index is -0.640. The van der Waals surface area contributed by atoms with Crippen LogP contribution >= 0.6 is 11.6 Å². The van der Waals surface area contributed by atoms with Gasteiger partial charge in [-0.25, -0.2) is 0 Å². The number of rotatable bonds is 5. The van der Waals surface area contributed by atoms with Crippen LogP contribution in [0.25, 0.3) is 11.3 Å². The van der Waals surface area contributed by atoms with Crippen molar-refractivity contribution in [1.29, 1.82) is 0 Å². The predicted octanol–water partition coefficient (Wildman–Crippen LogP) is 2.80. The molecule has 3 N–H and O–H groups in total. The number of hydrogen-bond donors (Lipinski definition) is 2. The lowest BCUT2D eigenvalue weighted by atomic mass is 10.1. The van der Waals surface area contributed by atoms with Gasteiger partial charge in [0.1, 0.15) is 18.1 Å². The van der Waals surface area contributed by atoms with Gasteiger partial charge in [0.2, 0.25) is 0 Å². The Labute approximate surface area is 137 Å². The van der Waals surface area contributed by atoms with Gasteiger partial charge in [0.15, 0.2) is 5.69 Å². The summed E-state index contributed by atoms with van der Waals surface area (Å²) in [6, 6.07) is 14.6. The van der Waals surface area contributed by atoms with E-state index in [4.69, 9.17) is 22.1 Å². The highest BCUT2D eigenvalue weighted by molar-refractivity contribution is 6.30. The Morgan fingerprint density at radius 2 is 2.00 bits per heavy atom. The summed E-state index contributed by atoms with van der Waals surface area (Å²) >= 11 is 5.95. The highest BCUT2D eigenvalue weighted by Crippen LogP contribution is 2.24. The number of nitrogens with zero attached hydrogens (tertiary/aromatic N) is 2. The molecule has 2 aromatic carbocycles. The number of halogens is 1. The molecule has 0 spiro atoms. The lowest BCUT2D eigenvalue weighted by Gasteiger charge is -2.08. The summed E-state index contributed by atoms with van der Waals surface area (Å²) in [5, 5.41) is 10.8. The number of hydrogen-bond acceptors (Lipinski definition) is 4. The van der Waals surface area contributed by atoms with Crippen LogP contribution in [0.1, 0.15) is 16.1 Å². The number of carbonyl (C=O) groups is 1. The molecule has 0 aliphatic rings. The lowest BCUT2D eigenvalue weighted by molar-refractivity contribution is 0.0996. The Bertz CT molecular complexity index is 847. The number of H-pyrrole nitrogens is 1. The number of carbonyl (C=O) groups excluding carboxylic acids is 1. The number of nitrogens with one attached hydrogen (secondary N) is 1. The second-order valence-electron chi connectivity index (χ2n) is 4.83. The van der Waals surface area contributed by atoms with E-state index in [1.807, 2.05) is 36.4 Å². The third kappa shape index (κ3) is 3.49. The smallest absolute Gasteiger partial charge is 0.271 e. The van der Waals surface area contributed by atoms with E-state index in [2.05, 4.69) is 15.4 Å². The largest absolute Gasteiger partial charge is 0.489 e. The maximum absolute atomic E-state index is 11.3. The van der Waals surface area contributed by atoms with Crippen molar-refractivity contribution < 1.29 is 9.53 Å². The topological polar surface area (TPSA) is 93.9 Å². The van der Waals surface area contributed by atoms with E-state index >= 15 is 0 Å². The molecular weight excluding hydrogens is 316 g/mol. The van der Waals surface area contributed by atoms with Crippen LogP contribution in [0.15, 0.2) is 48.5 Å². The fourth-order valence-electron chi connectivity index (χ4n) is 2.13. The molecule has 116 valence electrons. The van der Waals surface area contributed by atoms with Gasteiger partial charge in [-0.1, -0.05) is 35.9 Å². The first-order valence-corrected chi connectivity index (χ1v) is 7.19. The molecule has 0 saturated heterocycles. The fourth-order valence-corrected chi connectivity index (χ4v) is 2.34. The van der Waals surface area contributed by atoms with Gasteiger partial charge in [0, 0.05) is 10.6 Å². The van der Waals surface area contributed by atoms with Gasteiger partial charge in [-0.2, -0.15) is 15.4 Å². The zero-order chi connectivity index (χ0) is 16.2. The lowest BCUT2D eigenvalue weighted by Crippen LogP contribution is -2.12. The van der Waals surface area contributed by atoms with Crippen molar-refractivity contribution in [2.45, 2.75) is 6.61 Å². The van der Waals surface area contributed by atoms with Crippen LogP contribution in [0.3, 0.4) is 0 Å². The van der Waals surface area contributed by atoms with Crippen LogP contribution in [-0.2, 0) is 6.61 Å². The minimum Gasteiger partial charge on any atom is -0.489 e. The second-order valence-corrected chi connectivity index (χ2v) is 5.27. The highest BCUT2D eigenvalue weighted by atomic mass is 35.5. The van der Waals surface area contributed by atoms with Crippen LogP contribution in [-0.4, -0.2) is 21.3 Å². The van der Waals surface area contributed by atoms with Gasteiger partial charge in [-0.3, -0.25) is 4.79 Å². The Morgan fingerprint density at radius 1 is 1.17 bits per heavy atom. The number of benzene rings is 2. The maximum atomic E-state index is 11.3. The molecule has 0 radical (unpaired) electrons. The molecule has 23 heavy (non-hydrogen) atoms. The van der Waals surface area contributed by atoms with Crippen LogP contribution < -0.4 is 10.5 Å². The van der Waals surface area contributed by atoms with E-state index < -0.39 is 5.91 Å². The SMILES string of the molecule is NC(=O)c1n[nH]nc1-c1cccc(OCc2cccc(Cl)c2)c1. The summed E-state index contributed by atoms with van der Waals surface area (Å²) in [6.45, 7) is 0.380. The summed E-state index contributed by atoms with van der Waals surface area (Å²) in [5.74, 6) is -0.0000974. The van der Waals surface area contributed by atoms with E-state index in [0.29, 0.717) is 28.6 Å². The minimum absolute atomic E-state index is 0.0944. The summed E-state index contributed by atoms with van der Waals surface area (Å²) in [6.07, 6.45) is 0. The van der Waals surface area contributed by atoms with Crippen molar-refractivity contribution in [3.8, 4) is 17.0 Å². The van der Waals surface area contributed by atoms with Crippen molar-refractivity contribution in [2.75, 3.05) is 0 Å². The highest BCUT2D eigenvalue weighted by Gasteiger charge is 2.15. The van der Waals surface area contributed by atoms with Gasteiger partial charge < -0.3 is 10.5 Å². The third-order valence-electron chi connectivity index (χ3n) is 3.18. The summed E-state index contributed by atoms with van der Waals surface area (Å²) in [5.41, 5.74) is 7.42. The average molecular weight is 329 g/mol. The van der Waals surface area contributed by atoms with Crippen LogP contribution in [0.5, 0.6) is 5.75 Å². The molecule has 1 heterocycles. The number of aromatic amines is 1. The summed E-state index contributed by atoms with van der Waals surface area (Å²) in [4.78, 5) is 11.3. The number of primary amides is 1. The number of ether oxygens (including phenoxy) is 1. The maximum Gasteiger partial charge on any atom is 0.271 e. The molecule has 0 atom stereocenters. The van der Waals surface area contributed by atoms with Crippen LogP contribution in [0.2, 0.25) is 5.02 Å². The Hall–Kier alpha value is -2.86. The summed E-state index contributed by atoms with van der Waals surface area (Å²) in [7, 11) is 0. The van der Waals surface area contributed by atoms with Gasteiger partial charge >= 0.3 is 0 Å². The third-order valence-corrected chi connectivity index (χ3v) is 3.42. The average Bonchev–Trinajstić information content (AvgIpc) is 3.03. The van der Waals surface area contributed by atoms with Gasteiger partial charge in [0.05, 0.1) is 0 Å². The molecule has 0 aliphatic carbocycles. The first-order valence-electron chi connectivity index (χ1n) is 6.82. The predicted molar refractivity (Wildman–Crippen MR) is 86.1 cm³/mol. The van der Waals surface area contributed by atoms with E-state index in [-0.39, 0.29) is 5.69 Å². The van der Waals surface area contributed by atoms with E-state index in [9.17, 15) is 4.79 Å². The quantitative estimate of drug-likeness (QED) is 0.753. The normalized spacial score (nSPS) is 10.5. The van der Waals surface area contributed by atoms with Crippen molar-refractivity contribution in [1.82, 2.24) is 15.4 Å². The molecule has 7 heteroatoms. The van der Waals surface area contributed by atoms with Crippen molar-refractivity contribution >= 4 is 17.5 Å². The molecule has 3 rings (SSSR count). The van der Waals surface area contributed by atoms with Crippen molar-refractivity contribution in [3.05, 3.63) is 64.8 Å². The van der Waals surface area contributed by atoms with Crippen molar-refractivity contribution in [3.63, 3.8) is 0 Å². The molecule has 6 nitrogen and oxygen atoms in total. The molecule has 3 aromatic rings. The Kier molecular flexibility index (Phi) is 4.25. The fraction of sp³-hybridized carbons (Fsp3) is 0.0625. The van der Waals surface area contributed by atoms with E-state index in [1.54, 1.807) is 12.1 Å². The van der Waals surface area contributed by atoms with Gasteiger partial charge in [-0.15, -0.1) is 0 Å². The monoisotopic (exact) mass is 328 g/mol. The van der Waals surface area contributed by atoms with Crippen LogP contribution in [0.4, 0.5) is 0 Å². The van der Waals surface area contributed by atoms with Crippen LogP contribution in [0, 0.1) is 0 Å². The molecule has 1 amide bonds. The van der Waals surface area contributed by atoms with Gasteiger partial charge in [0.25, 0.3) is 5.91 Å². The molecule has 0 aliphatic heterocycles. The second kappa shape index (κ2) is 6.50. The first-order chi connectivity index (χ1) is 11.1. The van der Waals surface area contributed by atoms with E-state index in [1.165, 1.54) is 0 Å². The summed E-state index contributed by atoms with van der Waals surface area (Å²) < 4.78 is 5.75. The van der Waals surface area contributed by atoms with Crippen molar-refractivity contribution in [2.24, 2.45) is 5.73 Å². The zero-order valence-electron chi connectivity index (χ0n) is 12.0. The molecule has 0 saturated carbocycles. The number of aromatic nitrogens is 3. The molecule has 0 unspecified atom stereocenters. The number of nitrogens with two attached hydrogens (primary N) is 1. The Morgan fingerprint density at radius 3 is 2.78 bits per heavy atom.